The molecule has 0 atom stereocenters. The first-order valence-corrected chi connectivity index (χ1v) is 6.05. The monoisotopic (exact) mass is 219 g/mol. The zero-order chi connectivity index (χ0) is 10.8. The first-order valence-electron chi connectivity index (χ1n) is 4.66. The zero-order valence-corrected chi connectivity index (χ0v) is 9.49. The van der Waals surface area contributed by atoms with Crippen LogP contribution in [0.2, 0.25) is 0 Å². The van der Waals surface area contributed by atoms with E-state index in [1.54, 1.807) is 18.7 Å². The maximum atomic E-state index is 11.0. The summed E-state index contributed by atoms with van der Waals surface area (Å²) < 4.78 is 4.53. The Bertz CT molecular complexity index is 185. The predicted octanol–water partition coefficient (Wildman–Crippen LogP) is 0.809. The molecule has 1 amide bonds. The number of esters is 1. The van der Waals surface area contributed by atoms with Crippen LogP contribution >= 0.6 is 11.8 Å². The molecule has 0 aromatic rings. The van der Waals surface area contributed by atoms with Crippen LogP contribution in [0, 0.1) is 0 Å². The van der Waals surface area contributed by atoms with Crippen molar-refractivity contribution in [3.05, 3.63) is 0 Å². The second-order valence-electron chi connectivity index (χ2n) is 2.68. The van der Waals surface area contributed by atoms with Crippen LogP contribution in [0.4, 0.5) is 0 Å². The molecular formula is C9H17NO3S. The van der Waals surface area contributed by atoms with Crippen molar-refractivity contribution in [1.82, 2.24) is 5.32 Å². The van der Waals surface area contributed by atoms with E-state index in [0.29, 0.717) is 6.54 Å². The Hall–Kier alpha value is -0.710. The third-order valence-electron chi connectivity index (χ3n) is 1.52. The maximum Gasteiger partial charge on any atom is 0.396 e. The molecule has 0 aromatic carbocycles. The third kappa shape index (κ3) is 6.77. The van der Waals surface area contributed by atoms with Gasteiger partial charge < -0.3 is 10.1 Å². The van der Waals surface area contributed by atoms with Gasteiger partial charge in [0.15, 0.2) is 0 Å². The molecule has 0 unspecified atom stereocenters. The number of carbonyl (C=O) groups is 2. The van der Waals surface area contributed by atoms with Crippen molar-refractivity contribution >= 4 is 23.6 Å². The van der Waals surface area contributed by atoms with E-state index in [1.165, 1.54) is 0 Å². The van der Waals surface area contributed by atoms with E-state index in [1.807, 2.05) is 6.26 Å². The lowest BCUT2D eigenvalue weighted by Crippen LogP contribution is -2.33. The van der Waals surface area contributed by atoms with E-state index in [2.05, 4.69) is 10.1 Å². The van der Waals surface area contributed by atoms with Crippen molar-refractivity contribution in [2.75, 3.05) is 25.2 Å². The van der Waals surface area contributed by atoms with Gasteiger partial charge in [-0.15, -0.1) is 0 Å². The Morgan fingerprint density at radius 1 is 1.36 bits per heavy atom. The molecule has 0 rings (SSSR count). The Labute approximate surface area is 88.8 Å². The van der Waals surface area contributed by atoms with Gasteiger partial charge in [0.25, 0.3) is 0 Å². The first kappa shape index (κ1) is 13.3. The number of rotatable bonds is 6. The van der Waals surface area contributed by atoms with E-state index in [9.17, 15) is 9.59 Å². The van der Waals surface area contributed by atoms with Crippen molar-refractivity contribution < 1.29 is 14.3 Å². The predicted molar refractivity (Wildman–Crippen MR) is 57.3 cm³/mol. The number of thioether (sulfide) groups is 1. The number of nitrogens with one attached hydrogen (secondary N) is 1. The molecule has 0 aromatic heterocycles. The summed E-state index contributed by atoms with van der Waals surface area (Å²) in [6.45, 7) is 2.45. The standard InChI is InChI=1S/C9H17NO3S/c1-3-13-9(12)8(11)10-6-4-5-7-14-2/h3-7H2,1-2H3,(H,10,11). The highest BCUT2D eigenvalue weighted by atomic mass is 32.2. The minimum atomic E-state index is -0.794. The molecular weight excluding hydrogens is 202 g/mol. The lowest BCUT2D eigenvalue weighted by atomic mass is 10.3. The highest BCUT2D eigenvalue weighted by Gasteiger charge is 2.12. The second-order valence-corrected chi connectivity index (χ2v) is 3.66. The van der Waals surface area contributed by atoms with Gasteiger partial charge in [0.1, 0.15) is 0 Å². The molecule has 0 radical (unpaired) electrons. The average Bonchev–Trinajstić information content (AvgIpc) is 2.17. The Kier molecular flexibility index (Phi) is 8.42. The molecule has 0 aliphatic heterocycles. The van der Waals surface area contributed by atoms with Crippen LogP contribution in [-0.4, -0.2) is 37.0 Å². The fraction of sp³-hybridized carbons (Fsp3) is 0.778. The lowest BCUT2D eigenvalue weighted by molar-refractivity contribution is -0.154. The molecule has 82 valence electrons. The van der Waals surface area contributed by atoms with E-state index in [4.69, 9.17) is 0 Å². The molecule has 1 N–H and O–H groups in total. The molecule has 0 bridgehead atoms. The van der Waals surface area contributed by atoms with Gasteiger partial charge in [-0.05, 0) is 31.8 Å². The molecule has 0 spiro atoms. The zero-order valence-electron chi connectivity index (χ0n) is 8.67. The number of hydrogen-bond acceptors (Lipinski definition) is 4. The number of hydrogen-bond donors (Lipinski definition) is 1. The minimum absolute atomic E-state index is 0.235. The van der Waals surface area contributed by atoms with E-state index in [0.717, 1.165) is 18.6 Å². The van der Waals surface area contributed by atoms with Crippen LogP contribution in [0.5, 0.6) is 0 Å². The van der Waals surface area contributed by atoms with E-state index >= 15 is 0 Å². The quantitative estimate of drug-likeness (QED) is 0.408. The number of ether oxygens (including phenoxy) is 1. The maximum absolute atomic E-state index is 11.0. The van der Waals surface area contributed by atoms with Gasteiger partial charge in [0.2, 0.25) is 0 Å². The summed E-state index contributed by atoms with van der Waals surface area (Å²) in [5, 5.41) is 2.50. The van der Waals surface area contributed by atoms with E-state index < -0.39 is 11.9 Å². The highest BCUT2D eigenvalue weighted by Crippen LogP contribution is 1.97. The van der Waals surface area contributed by atoms with Crippen molar-refractivity contribution in [3.8, 4) is 0 Å². The van der Waals surface area contributed by atoms with Gasteiger partial charge >= 0.3 is 11.9 Å². The number of amides is 1. The third-order valence-corrected chi connectivity index (χ3v) is 2.22. The molecule has 4 nitrogen and oxygen atoms in total. The SMILES string of the molecule is CCOC(=O)C(=O)NCCCCSC. The van der Waals surface area contributed by atoms with Crippen LogP contribution < -0.4 is 5.32 Å². The average molecular weight is 219 g/mol. The van der Waals surface area contributed by atoms with Crippen LogP contribution in [0.1, 0.15) is 19.8 Å². The van der Waals surface area contributed by atoms with Crippen LogP contribution in [-0.2, 0) is 14.3 Å². The topological polar surface area (TPSA) is 55.4 Å². The normalized spacial score (nSPS) is 9.57. The summed E-state index contributed by atoms with van der Waals surface area (Å²) in [6.07, 6.45) is 3.98. The Morgan fingerprint density at radius 3 is 2.64 bits per heavy atom. The van der Waals surface area contributed by atoms with Gasteiger partial charge in [-0.3, -0.25) is 4.79 Å². The summed E-state index contributed by atoms with van der Waals surface area (Å²) in [5.41, 5.74) is 0. The van der Waals surface area contributed by atoms with Crippen molar-refractivity contribution in [1.29, 1.82) is 0 Å². The summed E-state index contributed by atoms with van der Waals surface area (Å²) in [5.74, 6) is -0.358. The van der Waals surface area contributed by atoms with Crippen molar-refractivity contribution in [2.24, 2.45) is 0 Å². The fourth-order valence-electron chi connectivity index (χ4n) is 0.842. The number of carbonyl (C=O) groups excluding carboxylic acids is 2. The van der Waals surface area contributed by atoms with Gasteiger partial charge in [0.05, 0.1) is 6.61 Å². The molecule has 0 heterocycles. The summed E-state index contributed by atoms with van der Waals surface area (Å²) in [7, 11) is 0. The lowest BCUT2D eigenvalue weighted by Gasteiger charge is -2.03. The molecule has 0 saturated heterocycles. The first-order chi connectivity index (χ1) is 6.72. The highest BCUT2D eigenvalue weighted by molar-refractivity contribution is 7.98. The van der Waals surface area contributed by atoms with Crippen LogP contribution in [0.3, 0.4) is 0 Å². The van der Waals surface area contributed by atoms with Gasteiger partial charge in [0, 0.05) is 6.54 Å². The molecule has 0 aliphatic carbocycles. The van der Waals surface area contributed by atoms with Crippen LogP contribution in [0.25, 0.3) is 0 Å². The fourth-order valence-corrected chi connectivity index (χ4v) is 1.33. The molecule has 5 heteroatoms. The smallest absolute Gasteiger partial charge is 0.396 e. The van der Waals surface area contributed by atoms with Gasteiger partial charge in [-0.1, -0.05) is 0 Å². The summed E-state index contributed by atoms with van der Waals surface area (Å²) in [4.78, 5) is 21.8. The molecule has 14 heavy (non-hydrogen) atoms. The summed E-state index contributed by atoms with van der Waals surface area (Å²) >= 11 is 1.77. The largest absolute Gasteiger partial charge is 0.459 e. The minimum Gasteiger partial charge on any atom is -0.459 e. The van der Waals surface area contributed by atoms with Crippen LogP contribution in [0.15, 0.2) is 0 Å². The molecule has 0 aliphatic rings. The van der Waals surface area contributed by atoms with Gasteiger partial charge in [-0.2, -0.15) is 11.8 Å². The van der Waals surface area contributed by atoms with E-state index in [-0.39, 0.29) is 6.61 Å². The molecule has 0 fully saturated rings. The van der Waals surface area contributed by atoms with Gasteiger partial charge in [-0.25, -0.2) is 4.79 Å². The van der Waals surface area contributed by atoms with Crippen molar-refractivity contribution in [2.45, 2.75) is 19.8 Å². The Morgan fingerprint density at radius 2 is 2.07 bits per heavy atom. The number of unbranched alkanes of at least 4 members (excludes halogenated alkanes) is 1. The molecule has 0 saturated carbocycles. The Balaban J connectivity index is 3.39. The second kappa shape index (κ2) is 8.87. The summed E-state index contributed by atoms with van der Waals surface area (Å²) in [6, 6.07) is 0. The van der Waals surface area contributed by atoms with Crippen molar-refractivity contribution in [3.63, 3.8) is 0 Å².